The highest BCUT2D eigenvalue weighted by atomic mass is 16.2. The monoisotopic (exact) mass is 222 g/mol. The van der Waals surface area contributed by atoms with Crippen LogP contribution in [0.4, 0.5) is 11.6 Å². The van der Waals surface area contributed by atoms with Crippen molar-refractivity contribution in [2.75, 3.05) is 23.8 Å². The molecule has 2 rings (SSSR count). The first kappa shape index (κ1) is 11.1. The number of aliphatic hydroxyl groups excluding tert-OH is 1. The molecule has 5 nitrogen and oxygen atoms in total. The van der Waals surface area contributed by atoms with Crippen molar-refractivity contribution < 1.29 is 5.11 Å². The zero-order valence-corrected chi connectivity index (χ0v) is 9.34. The normalized spacial score (nSPS) is 20.3. The van der Waals surface area contributed by atoms with Gasteiger partial charge in [-0.15, -0.1) is 0 Å². The fraction of sp³-hybridized carbons (Fsp3) is 0.636. The predicted octanol–water partition coefficient (Wildman–Crippen LogP) is 0.800. The van der Waals surface area contributed by atoms with Crippen LogP contribution in [0, 0.1) is 0 Å². The van der Waals surface area contributed by atoms with Gasteiger partial charge in [-0.2, -0.15) is 0 Å². The molecule has 1 aromatic rings. The molecule has 1 saturated heterocycles. The molecule has 2 heterocycles. The van der Waals surface area contributed by atoms with Gasteiger partial charge >= 0.3 is 0 Å². The quantitative estimate of drug-likeness (QED) is 0.788. The Hall–Kier alpha value is -1.36. The molecule has 1 aliphatic rings. The fourth-order valence-electron chi connectivity index (χ4n) is 2.21. The van der Waals surface area contributed by atoms with Crippen LogP contribution in [0.3, 0.4) is 0 Å². The van der Waals surface area contributed by atoms with Gasteiger partial charge in [0.05, 0.1) is 18.1 Å². The van der Waals surface area contributed by atoms with E-state index in [1.807, 2.05) is 0 Å². The molecule has 1 fully saturated rings. The van der Waals surface area contributed by atoms with E-state index in [1.54, 1.807) is 12.4 Å². The summed E-state index contributed by atoms with van der Waals surface area (Å²) in [5, 5.41) is 8.85. The topological polar surface area (TPSA) is 75.3 Å². The first-order valence-corrected chi connectivity index (χ1v) is 5.76. The molecule has 3 N–H and O–H groups in total. The maximum atomic E-state index is 8.85. The van der Waals surface area contributed by atoms with E-state index in [0.717, 1.165) is 31.8 Å². The molecule has 0 aliphatic carbocycles. The van der Waals surface area contributed by atoms with Crippen LogP contribution in [0.5, 0.6) is 0 Å². The van der Waals surface area contributed by atoms with Gasteiger partial charge in [-0.1, -0.05) is 0 Å². The van der Waals surface area contributed by atoms with Gasteiger partial charge in [0.2, 0.25) is 5.95 Å². The molecular weight excluding hydrogens is 204 g/mol. The van der Waals surface area contributed by atoms with Crippen LogP contribution in [0.2, 0.25) is 0 Å². The molecule has 0 bridgehead atoms. The number of nitrogens with zero attached hydrogens (tertiary/aromatic N) is 3. The van der Waals surface area contributed by atoms with E-state index in [1.165, 1.54) is 6.42 Å². The standard InChI is InChI=1S/C11H18N4O/c12-9-7-13-11(14-8-9)15-5-1-3-10(15)4-2-6-16/h7-8,10,16H,1-6,12H2. The first-order valence-electron chi connectivity index (χ1n) is 5.76. The number of hydrogen-bond acceptors (Lipinski definition) is 5. The lowest BCUT2D eigenvalue weighted by Crippen LogP contribution is -2.30. The van der Waals surface area contributed by atoms with E-state index >= 15 is 0 Å². The zero-order valence-electron chi connectivity index (χ0n) is 9.34. The minimum atomic E-state index is 0.257. The molecule has 0 saturated carbocycles. The fourth-order valence-corrected chi connectivity index (χ4v) is 2.21. The van der Waals surface area contributed by atoms with Gasteiger partial charge < -0.3 is 15.7 Å². The number of nitrogens with two attached hydrogens (primary N) is 1. The van der Waals surface area contributed by atoms with E-state index in [-0.39, 0.29) is 6.61 Å². The molecule has 1 aromatic heterocycles. The van der Waals surface area contributed by atoms with Crippen molar-refractivity contribution >= 4 is 11.6 Å². The highest BCUT2D eigenvalue weighted by Crippen LogP contribution is 2.25. The Morgan fingerprint density at radius 2 is 2.19 bits per heavy atom. The molecule has 1 atom stereocenters. The molecular formula is C11H18N4O. The van der Waals surface area contributed by atoms with Crippen molar-refractivity contribution in [2.24, 2.45) is 0 Å². The molecule has 0 amide bonds. The van der Waals surface area contributed by atoms with E-state index in [9.17, 15) is 0 Å². The lowest BCUT2D eigenvalue weighted by atomic mass is 10.1. The van der Waals surface area contributed by atoms with Crippen LogP contribution in [-0.4, -0.2) is 34.3 Å². The van der Waals surface area contributed by atoms with Crippen molar-refractivity contribution in [2.45, 2.75) is 31.7 Å². The van der Waals surface area contributed by atoms with Crippen molar-refractivity contribution in [3.63, 3.8) is 0 Å². The van der Waals surface area contributed by atoms with Gasteiger partial charge in [-0.25, -0.2) is 9.97 Å². The number of aliphatic hydroxyl groups is 1. The summed E-state index contributed by atoms with van der Waals surface area (Å²) in [7, 11) is 0. The number of hydrogen-bond donors (Lipinski definition) is 2. The third kappa shape index (κ3) is 2.41. The van der Waals surface area contributed by atoms with Gasteiger partial charge in [-0.05, 0) is 25.7 Å². The third-order valence-corrected chi connectivity index (χ3v) is 2.99. The van der Waals surface area contributed by atoms with Crippen molar-refractivity contribution in [1.29, 1.82) is 0 Å². The highest BCUT2D eigenvalue weighted by molar-refractivity contribution is 5.39. The SMILES string of the molecule is Nc1cnc(N2CCCC2CCCO)nc1. The second-order valence-electron chi connectivity index (χ2n) is 4.17. The predicted molar refractivity (Wildman–Crippen MR) is 63.1 cm³/mol. The lowest BCUT2D eigenvalue weighted by Gasteiger charge is -2.24. The number of anilines is 2. The second-order valence-corrected chi connectivity index (χ2v) is 4.17. The number of rotatable bonds is 4. The Labute approximate surface area is 95.3 Å². The van der Waals surface area contributed by atoms with Crippen LogP contribution < -0.4 is 10.6 Å². The first-order chi connectivity index (χ1) is 7.81. The Kier molecular flexibility index (Phi) is 3.56. The molecule has 0 spiro atoms. The minimum Gasteiger partial charge on any atom is -0.396 e. The number of nitrogen functional groups attached to an aromatic ring is 1. The van der Waals surface area contributed by atoms with E-state index < -0.39 is 0 Å². The summed E-state index contributed by atoms with van der Waals surface area (Å²) in [4.78, 5) is 10.7. The molecule has 88 valence electrons. The molecule has 0 aromatic carbocycles. The summed E-state index contributed by atoms with van der Waals surface area (Å²) in [6, 6.07) is 0.468. The summed E-state index contributed by atoms with van der Waals surface area (Å²) in [6.45, 7) is 1.26. The van der Waals surface area contributed by atoms with Gasteiger partial charge in [0.15, 0.2) is 0 Å². The summed E-state index contributed by atoms with van der Waals surface area (Å²) in [5.41, 5.74) is 6.16. The largest absolute Gasteiger partial charge is 0.396 e. The Bertz CT molecular complexity index is 327. The Balaban J connectivity index is 2.04. The van der Waals surface area contributed by atoms with Gasteiger partial charge in [0, 0.05) is 19.2 Å². The van der Waals surface area contributed by atoms with Crippen molar-refractivity contribution in [3.8, 4) is 0 Å². The van der Waals surface area contributed by atoms with Crippen LogP contribution in [0.1, 0.15) is 25.7 Å². The molecule has 1 aliphatic heterocycles. The Morgan fingerprint density at radius 1 is 1.44 bits per heavy atom. The smallest absolute Gasteiger partial charge is 0.225 e. The average molecular weight is 222 g/mol. The second kappa shape index (κ2) is 5.12. The zero-order chi connectivity index (χ0) is 11.4. The third-order valence-electron chi connectivity index (χ3n) is 2.99. The van der Waals surface area contributed by atoms with E-state index in [2.05, 4.69) is 14.9 Å². The van der Waals surface area contributed by atoms with Crippen LogP contribution in [0.25, 0.3) is 0 Å². The summed E-state index contributed by atoms with van der Waals surface area (Å²) in [6.07, 6.45) is 7.46. The number of aromatic nitrogens is 2. The summed E-state index contributed by atoms with van der Waals surface area (Å²) >= 11 is 0. The van der Waals surface area contributed by atoms with Gasteiger partial charge in [0.1, 0.15) is 0 Å². The highest BCUT2D eigenvalue weighted by Gasteiger charge is 2.25. The van der Waals surface area contributed by atoms with Crippen LogP contribution in [-0.2, 0) is 0 Å². The van der Waals surface area contributed by atoms with E-state index in [0.29, 0.717) is 11.7 Å². The summed E-state index contributed by atoms with van der Waals surface area (Å²) in [5.74, 6) is 0.759. The van der Waals surface area contributed by atoms with Crippen LogP contribution in [0.15, 0.2) is 12.4 Å². The van der Waals surface area contributed by atoms with E-state index in [4.69, 9.17) is 10.8 Å². The van der Waals surface area contributed by atoms with Crippen LogP contribution >= 0.6 is 0 Å². The van der Waals surface area contributed by atoms with Crippen molar-refractivity contribution in [1.82, 2.24) is 9.97 Å². The summed E-state index contributed by atoms with van der Waals surface area (Å²) < 4.78 is 0. The molecule has 0 radical (unpaired) electrons. The van der Waals surface area contributed by atoms with Gasteiger partial charge in [-0.3, -0.25) is 0 Å². The molecule has 1 unspecified atom stereocenters. The maximum Gasteiger partial charge on any atom is 0.225 e. The molecule has 16 heavy (non-hydrogen) atoms. The van der Waals surface area contributed by atoms with Crippen molar-refractivity contribution in [3.05, 3.63) is 12.4 Å². The van der Waals surface area contributed by atoms with Gasteiger partial charge in [0.25, 0.3) is 0 Å². The lowest BCUT2D eigenvalue weighted by molar-refractivity contribution is 0.279. The average Bonchev–Trinajstić information content (AvgIpc) is 2.75. The minimum absolute atomic E-state index is 0.257. The Morgan fingerprint density at radius 3 is 2.88 bits per heavy atom. The maximum absolute atomic E-state index is 8.85. The molecule has 5 heteroatoms.